The number of carbonyl (C=O) groups excluding carboxylic acids is 1. The van der Waals surface area contributed by atoms with E-state index < -0.39 is 0 Å². The van der Waals surface area contributed by atoms with Crippen LogP contribution in [-0.2, 0) is 0 Å². The minimum absolute atomic E-state index is 0.132. The van der Waals surface area contributed by atoms with Gasteiger partial charge in [-0.15, -0.1) is 0 Å². The van der Waals surface area contributed by atoms with E-state index in [0.717, 1.165) is 0 Å². The summed E-state index contributed by atoms with van der Waals surface area (Å²) in [4.78, 5) is 17.9. The van der Waals surface area contributed by atoms with Crippen LogP contribution in [0.2, 0.25) is 5.02 Å². The van der Waals surface area contributed by atoms with Crippen LogP contribution >= 0.6 is 11.6 Å². The lowest BCUT2D eigenvalue weighted by molar-refractivity contribution is 0.0767. The molecule has 0 aliphatic heterocycles. The molecular weight excluding hydrogens is 226 g/mol. The molecule has 88 valence electrons. The third-order valence-electron chi connectivity index (χ3n) is 2.36. The van der Waals surface area contributed by atoms with Crippen molar-refractivity contribution >= 4 is 23.3 Å². The van der Waals surface area contributed by atoms with Crippen molar-refractivity contribution in [1.82, 2.24) is 9.88 Å². The number of nitrogens with one attached hydrogen (secondary N) is 1. The minimum Gasteiger partial charge on any atom is -0.373 e. The number of nitrogens with zero attached hydrogens (tertiary/aromatic N) is 2. The number of pyridine rings is 1. The molecule has 0 unspecified atom stereocenters. The van der Waals surface area contributed by atoms with E-state index in [1.54, 1.807) is 24.1 Å². The number of halogens is 1. The highest BCUT2D eigenvalue weighted by atomic mass is 35.5. The Bertz CT molecular complexity index is 377. The lowest BCUT2D eigenvalue weighted by Gasteiger charge is -2.18. The fourth-order valence-electron chi connectivity index (χ4n) is 1.39. The van der Waals surface area contributed by atoms with Crippen molar-refractivity contribution in [2.45, 2.75) is 13.8 Å². The highest BCUT2D eigenvalue weighted by Crippen LogP contribution is 2.18. The number of aromatic nitrogens is 1. The van der Waals surface area contributed by atoms with E-state index in [1.165, 1.54) is 0 Å². The SMILES string of the molecule is CCN(CC)C(=O)c1nc(NC)ccc1Cl. The van der Waals surface area contributed by atoms with Crippen molar-refractivity contribution in [3.8, 4) is 0 Å². The van der Waals surface area contributed by atoms with Gasteiger partial charge in [-0.05, 0) is 26.0 Å². The van der Waals surface area contributed by atoms with E-state index in [-0.39, 0.29) is 5.91 Å². The molecule has 1 heterocycles. The second-order valence-corrected chi connectivity index (χ2v) is 3.66. The normalized spacial score (nSPS) is 10.0. The van der Waals surface area contributed by atoms with Gasteiger partial charge in [0.05, 0.1) is 5.02 Å². The van der Waals surface area contributed by atoms with E-state index in [1.807, 2.05) is 13.8 Å². The molecule has 1 amide bonds. The molecule has 16 heavy (non-hydrogen) atoms. The summed E-state index contributed by atoms with van der Waals surface area (Å²) in [6.07, 6.45) is 0. The zero-order chi connectivity index (χ0) is 12.1. The van der Waals surface area contributed by atoms with E-state index in [9.17, 15) is 4.79 Å². The Balaban J connectivity index is 3.06. The summed E-state index contributed by atoms with van der Waals surface area (Å²) < 4.78 is 0. The summed E-state index contributed by atoms with van der Waals surface area (Å²) in [6.45, 7) is 5.16. The molecule has 0 saturated carbocycles. The zero-order valence-corrected chi connectivity index (χ0v) is 10.5. The number of hydrogen-bond acceptors (Lipinski definition) is 3. The first kappa shape index (κ1) is 12.8. The van der Waals surface area contributed by atoms with E-state index in [4.69, 9.17) is 11.6 Å². The van der Waals surface area contributed by atoms with Gasteiger partial charge in [-0.3, -0.25) is 4.79 Å². The van der Waals surface area contributed by atoms with Gasteiger partial charge in [-0.25, -0.2) is 4.98 Å². The highest BCUT2D eigenvalue weighted by Gasteiger charge is 2.17. The van der Waals surface area contributed by atoms with Gasteiger partial charge in [0.2, 0.25) is 0 Å². The Kier molecular flexibility index (Phi) is 4.55. The highest BCUT2D eigenvalue weighted by molar-refractivity contribution is 6.33. The van der Waals surface area contributed by atoms with Crippen LogP contribution in [0.5, 0.6) is 0 Å². The molecule has 0 aromatic carbocycles. The van der Waals surface area contributed by atoms with Gasteiger partial charge >= 0.3 is 0 Å². The number of anilines is 1. The molecular formula is C11H16ClN3O. The molecule has 0 atom stereocenters. The van der Waals surface area contributed by atoms with Crippen molar-refractivity contribution in [3.05, 3.63) is 22.8 Å². The molecule has 0 aliphatic carbocycles. The fraction of sp³-hybridized carbons (Fsp3) is 0.455. The van der Waals surface area contributed by atoms with Gasteiger partial charge < -0.3 is 10.2 Å². The smallest absolute Gasteiger partial charge is 0.274 e. The first-order valence-electron chi connectivity index (χ1n) is 5.27. The summed E-state index contributed by atoms with van der Waals surface area (Å²) in [5.74, 6) is 0.506. The van der Waals surface area contributed by atoms with E-state index in [2.05, 4.69) is 10.3 Å². The standard InChI is InChI=1S/C11H16ClN3O/c1-4-15(5-2)11(16)10-8(12)6-7-9(13-3)14-10/h6-7H,4-5H2,1-3H3,(H,13,14). The first-order chi connectivity index (χ1) is 7.63. The molecule has 0 radical (unpaired) electrons. The van der Waals surface area contributed by atoms with Crippen molar-refractivity contribution < 1.29 is 4.79 Å². The number of amides is 1. The molecule has 1 aromatic rings. The van der Waals surface area contributed by atoms with Crippen LogP contribution in [0.25, 0.3) is 0 Å². The summed E-state index contributed by atoms with van der Waals surface area (Å²) in [7, 11) is 1.75. The molecule has 1 N–H and O–H groups in total. The average molecular weight is 242 g/mol. The van der Waals surface area contributed by atoms with Crippen molar-refractivity contribution in [1.29, 1.82) is 0 Å². The maximum absolute atomic E-state index is 12.0. The fourth-order valence-corrected chi connectivity index (χ4v) is 1.58. The van der Waals surface area contributed by atoms with Crippen LogP contribution < -0.4 is 5.32 Å². The molecule has 1 rings (SSSR count). The maximum Gasteiger partial charge on any atom is 0.274 e. The van der Waals surface area contributed by atoms with Gasteiger partial charge in [0.1, 0.15) is 11.5 Å². The Morgan fingerprint density at radius 3 is 2.56 bits per heavy atom. The maximum atomic E-state index is 12.0. The van der Waals surface area contributed by atoms with Crippen molar-refractivity contribution in [2.75, 3.05) is 25.5 Å². The van der Waals surface area contributed by atoms with Crippen LogP contribution in [0.15, 0.2) is 12.1 Å². The lowest BCUT2D eigenvalue weighted by Crippen LogP contribution is -2.31. The summed E-state index contributed by atoms with van der Waals surface area (Å²) in [5, 5.41) is 3.27. The van der Waals surface area contributed by atoms with Gasteiger partial charge in [-0.2, -0.15) is 0 Å². The van der Waals surface area contributed by atoms with Crippen LogP contribution in [0.4, 0.5) is 5.82 Å². The Morgan fingerprint density at radius 2 is 2.06 bits per heavy atom. The average Bonchev–Trinajstić information content (AvgIpc) is 2.31. The van der Waals surface area contributed by atoms with E-state index >= 15 is 0 Å². The number of hydrogen-bond donors (Lipinski definition) is 1. The second kappa shape index (κ2) is 5.70. The molecule has 1 aromatic heterocycles. The molecule has 5 heteroatoms. The Labute approximate surface area is 101 Å². The zero-order valence-electron chi connectivity index (χ0n) is 9.75. The number of rotatable bonds is 4. The third kappa shape index (κ3) is 2.64. The van der Waals surface area contributed by atoms with Crippen LogP contribution in [-0.4, -0.2) is 35.9 Å². The van der Waals surface area contributed by atoms with Gasteiger partial charge in [-0.1, -0.05) is 11.6 Å². The molecule has 0 spiro atoms. The van der Waals surface area contributed by atoms with Gasteiger partial charge in [0, 0.05) is 20.1 Å². The molecule has 0 saturated heterocycles. The van der Waals surface area contributed by atoms with Crippen LogP contribution in [0.3, 0.4) is 0 Å². The molecule has 0 aliphatic rings. The van der Waals surface area contributed by atoms with Crippen molar-refractivity contribution in [2.24, 2.45) is 0 Å². The minimum atomic E-state index is -0.132. The lowest BCUT2D eigenvalue weighted by atomic mass is 10.3. The van der Waals surface area contributed by atoms with E-state index in [0.29, 0.717) is 29.6 Å². The molecule has 0 fully saturated rings. The largest absolute Gasteiger partial charge is 0.373 e. The van der Waals surface area contributed by atoms with Gasteiger partial charge in [0.25, 0.3) is 5.91 Å². The Morgan fingerprint density at radius 1 is 1.44 bits per heavy atom. The summed E-state index contributed by atoms with van der Waals surface area (Å²) >= 11 is 5.97. The predicted octanol–water partition coefficient (Wildman–Crippen LogP) is 2.26. The molecule has 0 bridgehead atoms. The monoisotopic (exact) mass is 241 g/mol. The van der Waals surface area contributed by atoms with Crippen LogP contribution in [0, 0.1) is 0 Å². The summed E-state index contributed by atoms with van der Waals surface area (Å²) in [5.41, 5.74) is 0.303. The topological polar surface area (TPSA) is 45.2 Å². The number of carbonyl (C=O) groups is 1. The quantitative estimate of drug-likeness (QED) is 0.880. The third-order valence-corrected chi connectivity index (χ3v) is 2.66. The van der Waals surface area contributed by atoms with Gasteiger partial charge in [0.15, 0.2) is 0 Å². The van der Waals surface area contributed by atoms with Crippen LogP contribution in [0.1, 0.15) is 24.3 Å². The van der Waals surface area contributed by atoms with Crippen molar-refractivity contribution in [3.63, 3.8) is 0 Å². The summed E-state index contributed by atoms with van der Waals surface area (Å²) in [6, 6.07) is 3.42. The molecule has 4 nitrogen and oxygen atoms in total. The predicted molar refractivity (Wildman–Crippen MR) is 66.0 cm³/mol. The second-order valence-electron chi connectivity index (χ2n) is 3.25. The first-order valence-corrected chi connectivity index (χ1v) is 5.65. The Hall–Kier alpha value is -1.29.